The highest BCUT2D eigenvalue weighted by Gasteiger charge is 2.46. The molecular weight excluding hydrogens is 492 g/mol. The summed E-state index contributed by atoms with van der Waals surface area (Å²) in [5.74, 6) is -0.405. The zero-order chi connectivity index (χ0) is 27.4. The molecule has 0 spiro atoms. The average molecular weight is 521 g/mol. The number of methoxy groups -OCH3 is 1. The van der Waals surface area contributed by atoms with Crippen LogP contribution in [0, 0.1) is 6.92 Å². The number of para-hydroxylation sites is 1. The summed E-state index contributed by atoms with van der Waals surface area (Å²) in [5.41, 5.74) is 3.69. The van der Waals surface area contributed by atoms with Gasteiger partial charge in [0.05, 0.1) is 25.3 Å². The van der Waals surface area contributed by atoms with Gasteiger partial charge in [0.15, 0.2) is 0 Å². The van der Waals surface area contributed by atoms with E-state index in [0.717, 1.165) is 16.7 Å². The van der Waals surface area contributed by atoms with Crippen molar-refractivity contribution >= 4 is 17.4 Å². The Labute approximate surface area is 227 Å². The van der Waals surface area contributed by atoms with Crippen LogP contribution in [0.25, 0.3) is 5.76 Å². The number of Topliss-reactive ketones (excluding diaryl/α,β-unsaturated/α-hetero) is 1. The van der Waals surface area contributed by atoms with Gasteiger partial charge in [-0.3, -0.25) is 14.6 Å². The number of ether oxygens (including phenoxy) is 2. The summed E-state index contributed by atoms with van der Waals surface area (Å²) in [6.07, 6.45) is 3.20. The maximum absolute atomic E-state index is 13.4. The monoisotopic (exact) mass is 520 g/mol. The van der Waals surface area contributed by atoms with Crippen LogP contribution >= 0.6 is 0 Å². The zero-order valence-electron chi connectivity index (χ0n) is 21.7. The number of amides is 1. The topological polar surface area (TPSA) is 89.0 Å². The van der Waals surface area contributed by atoms with E-state index in [2.05, 4.69) is 4.98 Å². The molecule has 7 nitrogen and oxygen atoms in total. The lowest BCUT2D eigenvalue weighted by Gasteiger charge is -2.26. The number of likely N-dealkylation sites (tertiary alicyclic amines) is 1. The number of carbonyl (C=O) groups is 2. The largest absolute Gasteiger partial charge is 0.507 e. The first kappa shape index (κ1) is 25.7. The van der Waals surface area contributed by atoms with Crippen LogP contribution in [0.15, 0.2) is 103 Å². The third kappa shape index (κ3) is 5.25. The fraction of sp³-hybridized carbons (Fsp3) is 0.156. The van der Waals surface area contributed by atoms with Crippen molar-refractivity contribution in [1.29, 1.82) is 0 Å². The Morgan fingerprint density at radius 1 is 0.923 bits per heavy atom. The number of aryl methyl sites for hydroxylation is 1. The summed E-state index contributed by atoms with van der Waals surface area (Å²) in [6.45, 7) is 2.41. The quantitative estimate of drug-likeness (QED) is 0.185. The van der Waals surface area contributed by atoms with E-state index in [1.54, 1.807) is 55.9 Å². The molecule has 2 heterocycles. The molecule has 0 saturated carbocycles. The van der Waals surface area contributed by atoms with E-state index in [1.807, 2.05) is 55.5 Å². The van der Waals surface area contributed by atoms with E-state index in [0.29, 0.717) is 29.2 Å². The minimum atomic E-state index is -0.799. The van der Waals surface area contributed by atoms with Crippen molar-refractivity contribution in [3.63, 3.8) is 0 Å². The molecule has 7 heteroatoms. The van der Waals surface area contributed by atoms with Crippen molar-refractivity contribution in [3.05, 3.63) is 131 Å². The summed E-state index contributed by atoms with van der Waals surface area (Å²) < 4.78 is 11.4. The Morgan fingerprint density at radius 3 is 2.36 bits per heavy atom. The Hall–Kier alpha value is -4.91. The second-order valence-electron chi connectivity index (χ2n) is 9.27. The van der Waals surface area contributed by atoms with Gasteiger partial charge in [0.25, 0.3) is 11.7 Å². The molecular formula is C32H28N2O5. The highest BCUT2D eigenvalue weighted by molar-refractivity contribution is 6.46. The van der Waals surface area contributed by atoms with Crippen LogP contribution in [-0.2, 0) is 22.7 Å². The number of ketones is 1. The molecule has 5 rings (SSSR count). The number of aliphatic hydroxyl groups excluding tert-OH is 1. The van der Waals surface area contributed by atoms with Crippen LogP contribution in [0.2, 0.25) is 0 Å². The lowest BCUT2D eigenvalue weighted by atomic mass is 9.95. The van der Waals surface area contributed by atoms with Gasteiger partial charge in [-0.2, -0.15) is 0 Å². The van der Waals surface area contributed by atoms with Crippen LogP contribution in [-0.4, -0.2) is 33.8 Å². The average Bonchev–Trinajstić information content (AvgIpc) is 3.22. The molecule has 1 aliphatic heterocycles. The number of hydrogen-bond donors (Lipinski definition) is 1. The van der Waals surface area contributed by atoms with Gasteiger partial charge in [0.1, 0.15) is 23.9 Å². The summed E-state index contributed by atoms with van der Waals surface area (Å²) in [7, 11) is 1.56. The van der Waals surface area contributed by atoms with Gasteiger partial charge in [-0.1, -0.05) is 48.5 Å². The van der Waals surface area contributed by atoms with Crippen molar-refractivity contribution in [2.24, 2.45) is 0 Å². The first-order valence-corrected chi connectivity index (χ1v) is 12.6. The molecule has 1 fully saturated rings. The van der Waals surface area contributed by atoms with E-state index < -0.39 is 17.7 Å². The number of pyridine rings is 1. The summed E-state index contributed by atoms with van der Waals surface area (Å²) >= 11 is 0. The predicted octanol–water partition coefficient (Wildman–Crippen LogP) is 5.60. The summed E-state index contributed by atoms with van der Waals surface area (Å²) in [5, 5.41) is 11.4. The van der Waals surface area contributed by atoms with Crippen LogP contribution < -0.4 is 9.47 Å². The number of aromatic nitrogens is 1. The van der Waals surface area contributed by atoms with Crippen molar-refractivity contribution in [1.82, 2.24) is 9.88 Å². The minimum Gasteiger partial charge on any atom is -0.507 e. The first-order chi connectivity index (χ1) is 19.0. The van der Waals surface area contributed by atoms with Crippen molar-refractivity contribution in [2.45, 2.75) is 26.1 Å². The molecule has 1 unspecified atom stereocenters. The first-order valence-electron chi connectivity index (χ1n) is 12.6. The normalized spacial score (nSPS) is 16.4. The molecule has 1 saturated heterocycles. The second kappa shape index (κ2) is 11.2. The third-order valence-corrected chi connectivity index (χ3v) is 6.78. The highest BCUT2D eigenvalue weighted by atomic mass is 16.5. The van der Waals surface area contributed by atoms with Gasteiger partial charge in [-0.05, 0) is 60.0 Å². The molecule has 1 aliphatic rings. The number of aliphatic hydroxyl groups is 1. The summed E-state index contributed by atoms with van der Waals surface area (Å²) in [4.78, 5) is 32.3. The standard InChI is InChI=1S/C32H28N2O5/c1-21-18-24(12-13-26(21)39-20-22-8-4-3-5-9-22)30(35)28-29(23-14-16-33-17-15-23)34(32(37)31(28)36)19-25-10-6-7-11-27(25)38-2/h3-18,29,35H,19-20H2,1-2H3/b30-28-. The number of benzene rings is 3. The van der Waals surface area contributed by atoms with Gasteiger partial charge in [-0.15, -0.1) is 0 Å². The minimum absolute atomic E-state index is 0.0263. The van der Waals surface area contributed by atoms with Gasteiger partial charge in [-0.25, -0.2) is 0 Å². The van der Waals surface area contributed by atoms with Crippen LogP contribution in [0.4, 0.5) is 0 Å². The number of nitrogens with zero attached hydrogens (tertiary/aromatic N) is 2. The van der Waals surface area contributed by atoms with E-state index >= 15 is 0 Å². The third-order valence-electron chi connectivity index (χ3n) is 6.78. The molecule has 196 valence electrons. The Balaban J connectivity index is 1.51. The van der Waals surface area contributed by atoms with Crippen LogP contribution in [0.3, 0.4) is 0 Å². The van der Waals surface area contributed by atoms with E-state index in [9.17, 15) is 14.7 Å². The SMILES string of the molecule is COc1ccccc1CN1C(=O)C(=O)/C(=C(\O)c2ccc(OCc3ccccc3)c(C)c2)C1c1ccncc1. The Morgan fingerprint density at radius 2 is 1.64 bits per heavy atom. The van der Waals surface area contributed by atoms with Crippen LogP contribution in [0.5, 0.6) is 11.5 Å². The lowest BCUT2D eigenvalue weighted by Crippen LogP contribution is -2.29. The van der Waals surface area contributed by atoms with E-state index in [1.165, 1.54) is 4.90 Å². The van der Waals surface area contributed by atoms with E-state index in [-0.39, 0.29) is 17.9 Å². The van der Waals surface area contributed by atoms with Crippen LogP contribution in [0.1, 0.15) is 33.9 Å². The molecule has 1 atom stereocenters. The van der Waals surface area contributed by atoms with E-state index in [4.69, 9.17) is 9.47 Å². The van der Waals surface area contributed by atoms with Gasteiger partial charge >= 0.3 is 0 Å². The number of carbonyl (C=O) groups excluding carboxylic acids is 2. The van der Waals surface area contributed by atoms with Gasteiger partial charge < -0.3 is 19.5 Å². The molecule has 4 aromatic rings. The number of hydrogen-bond acceptors (Lipinski definition) is 6. The lowest BCUT2D eigenvalue weighted by molar-refractivity contribution is -0.140. The molecule has 0 radical (unpaired) electrons. The molecule has 0 aliphatic carbocycles. The maximum Gasteiger partial charge on any atom is 0.295 e. The van der Waals surface area contributed by atoms with Gasteiger partial charge in [0, 0.05) is 23.5 Å². The van der Waals surface area contributed by atoms with Crippen molar-refractivity contribution in [2.75, 3.05) is 7.11 Å². The van der Waals surface area contributed by atoms with Gasteiger partial charge in [0.2, 0.25) is 0 Å². The molecule has 1 aromatic heterocycles. The van der Waals surface area contributed by atoms with Crippen molar-refractivity contribution < 1.29 is 24.2 Å². The summed E-state index contributed by atoms with van der Waals surface area (Å²) in [6, 6.07) is 25.1. The highest BCUT2D eigenvalue weighted by Crippen LogP contribution is 2.41. The molecule has 1 amide bonds. The maximum atomic E-state index is 13.4. The van der Waals surface area contributed by atoms with Crippen molar-refractivity contribution in [3.8, 4) is 11.5 Å². The fourth-order valence-electron chi connectivity index (χ4n) is 4.80. The second-order valence-corrected chi connectivity index (χ2v) is 9.27. The molecule has 39 heavy (non-hydrogen) atoms. The smallest absolute Gasteiger partial charge is 0.295 e. The molecule has 1 N–H and O–H groups in total. The fourth-order valence-corrected chi connectivity index (χ4v) is 4.80. The Kier molecular flexibility index (Phi) is 7.41. The molecule has 0 bridgehead atoms. The zero-order valence-corrected chi connectivity index (χ0v) is 21.7. The Bertz CT molecular complexity index is 1530. The number of rotatable bonds is 8. The molecule has 3 aromatic carbocycles. The predicted molar refractivity (Wildman–Crippen MR) is 147 cm³/mol.